The van der Waals surface area contributed by atoms with Crippen molar-refractivity contribution < 1.29 is 19.5 Å². The summed E-state index contributed by atoms with van der Waals surface area (Å²) >= 11 is 0. The molecule has 1 heteroatoms. The first-order valence-corrected chi connectivity index (χ1v) is 2.41. The van der Waals surface area contributed by atoms with Crippen molar-refractivity contribution in [3.8, 4) is 0 Å². The standard InChI is InChI=1S/C7H8.Ru/c1-7-5-3-2-4-6-7;/h2-6H,1H3;. The third-order valence-corrected chi connectivity index (χ3v) is 0.940. The van der Waals surface area contributed by atoms with Crippen molar-refractivity contribution in [2.75, 3.05) is 0 Å². The molecule has 8 heavy (non-hydrogen) atoms. The number of hydrogen-bond acceptors (Lipinski definition) is 0. The van der Waals surface area contributed by atoms with Crippen molar-refractivity contribution >= 4 is 0 Å². The van der Waals surface area contributed by atoms with Crippen molar-refractivity contribution in [3.63, 3.8) is 0 Å². The van der Waals surface area contributed by atoms with Crippen LogP contribution in [-0.4, -0.2) is 0 Å². The van der Waals surface area contributed by atoms with Gasteiger partial charge in [0.1, 0.15) is 0 Å². The fraction of sp³-hybridized carbons (Fsp3) is 0.143. The molecule has 0 unspecified atom stereocenters. The molecule has 0 saturated carbocycles. The number of rotatable bonds is 0. The molecule has 0 saturated heterocycles. The molecule has 0 heterocycles. The Morgan fingerprint density at radius 1 is 1.00 bits per heavy atom. The zero-order chi connectivity index (χ0) is 5.11. The van der Waals surface area contributed by atoms with E-state index in [4.69, 9.17) is 0 Å². The van der Waals surface area contributed by atoms with Crippen LogP contribution >= 0.6 is 0 Å². The first-order valence-electron chi connectivity index (χ1n) is 2.41. The van der Waals surface area contributed by atoms with Gasteiger partial charge in [-0.1, -0.05) is 35.9 Å². The molecule has 0 radical (unpaired) electrons. The quantitative estimate of drug-likeness (QED) is 0.553. The Balaban J connectivity index is 0.000000490. The van der Waals surface area contributed by atoms with Gasteiger partial charge in [0.05, 0.1) is 0 Å². The van der Waals surface area contributed by atoms with Gasteiger partial charge in [0.25, 0.3) is 0 Å². The number of hydrogen-bond donors (Lipinski definition) is 0. The first-order chi connectivity index (χ1) is 3.39. The van der Waals surface area contributed by atoms with Crippen LogP contribution in [0.25, 0.3) is 0 Å². The summed E-state index contributed by atoms with van der Waals surface area (Å²) in [5.74, 6) is 0. The molecule has 0 amide bonds. The monoisotopic (exact) mass is 194 g/mol. The molecule has 0 aliphatic heterocycles. The molecule has 0 atom stereocenters. The van der Waals surface area contributed by atoms with E-state index >= 15 is 0 Å². The largest absolute Gasteiger partial charge is 0.0622 e. The summed E-state index contributed by atoms with van der Waals surface area (Å²) in [6, 6.07) is 10.3. The van der Waals surface area contributed by atoms with Crippen LogP contribution in [0.5, 0.6) is 0 Å². The van der Waals surface area contributed by atoms with Crippen molar-refractivity contribution in [1.82, 2.24) is 0 Å². The average Bonchev–Trinajstić information content (AvgIpc) is 1.69. The zero-order valence-electron chi connectivity index (χ0n) is 4.74. The van der Waals surface area contributed by atoms with Crippen molar-refractivity contribution in [2.24, 2.45) is 0 Å². The van der Waals surface area contributed by atoms with Crippen molar-refractivity contribution in [3.05, 3.63) is 35.9 Å². The Labute approximate surface area is 62.7 Å². The SMILES string of the molecule is Cc1ccccc1.[Ru]. The normalized spacial score (nSPS) is 7.62. The fourth-order valence-corrected chi connectivity index (χ4v) is 0.534. The molecule has 44 valence electrons. The van der Waals surface area contributed by atoms with E-state index in [9.17, 15) is 0 Å². The maximum absolute atomic E-state index is 2.08. The van der Waals surface area contributed by atoms with E-state index in [0.717, 1.165) is 0 Å². The van der Waals surface area contributed by atoms with Gasteiger partial charge in [0, 0.05) is 19.5 Å². The molecular weight excluding hydrogens is 185 g/mol. The minimum absolute atomic E-state index is 0. The zero-order valence-corrected chi connectivity index (χ0v) is 6.48. The van der Waals surface area contributed by atoms with E-state index < -0.39 is 0 Å². The molecule has 0 aromatic heterocycles. The van der Waals surface area contributed by atoms with Gasteiger partial charge in [-0.05, 0) is 6.92 Å². The molecule has 0 bridgehead atoms. The smallest absolute Gasteiger partial charge is 0 e. The van der Waals surface area contributed by atoms with E-state index in [1.807, 2.05) is 18.2 Å². The molecule has 1 rings (SSSR count). The Morgan fingerprint density at radius 2 is 1.50 bits per heavy atom. The predicted molar refractivity (Wildman–Crippen MR) is 31.2 cm³/mol. The maximum Gasteiger partial charge on any atom is 0 e. The molecule has 1 aromatic rings. The van der Waals surface area contributed by atoms with Crippen LogP contribution in [0.2, 0.25) is 0 Å². The molecule has 0 aliphatic rings. The van der Waals surface area contributed by atoms with E-state index in [1.54, 1.807) is 0 Å². The van der Waals surface area contributed by atoms with Crippen LogP contribution in [-0.2, 0) is 19.5 Å². The molecule has 0 fully saturated rings. The Hall–Kier alpha value is -0.157. The second-order valence-corrected chi connectivity index (χ2v) is 1.65. The second kappa shape index (κ2) is 3.80. The van der Waals surface area contributed by atoms with Gasteiger partial charge in [-0.3, -0.25) is 0 Å². The first kappa shape index (κ1) is 7.84. The van der Waals surface area contributed by atoms with E-state index in [2.05, 4.69) is 19.1 Å². The molecule has 0 nitrogen and oxygen atoms in total. The van der Waals surface area contributed by atoms with E-state index in [1.165, 1.54) is 5.56 Å². The van der Waals surface area contributed by atoms with Crippen LogP contribution in [0.4, 0.5) is 0 Å². The van der Waals surface area contributed by atoms with Crippen LogP contribution in [0.1, 0.15) is 5.56 Å². The van der Waals surface area contributed by atoms with Gasteiger partial charge >= 0.3 is 0 Å². The van der Waals surface area contributed by atoms with Gasteiger partial charge < -0.3 is 0 Å². The van der Waals surface area contributed by atoms with Crippen LogP contribution in [0.3, 0.4) is 0 Å². The topological polar surface area (TPSA) is 0 Å². The summed E-state index contributed by atoms with van der Waals surface area (Å²) in [6.45, 7) is 2.08. The van der Waals surface area contributed by atoms with Gasteiger partial charge in [-0.2, -0.15) is 0 Å². The van der Waals surface area contributed by atoms with Crippen LogP contribution < -0.4 is 0 Å². The maximum atomic E-state index is 2.08. The minimum Gasteiger partial charge on any atom is -0.0622 e. The van der Waals surface area contributed by atoms with Gasteiger partial charge in [-0.15, -0.1) is 0 Å². The minimum atomic E-state index is 0. The fourth-order valence-electron chi connectivity index (χ4n) is 0.534. The van der Waals surface area contributed by atoms with E-state index in [-0.39, 0.29) is 19.5 Å². The molecule has 0 N–H and O–H groups in total. The molecule has 0 aliphatic carbocycles. The van der Waals surface area contributed by atoms with Gasteiger partial charge in [0.15, 0.2) is 0 Å². The number of aryl methyl sites for hydroxylation is 1. The summed E-state index contributed by atoms with van der Waals surface area (Å²) in [7, 11) is 0. The van der Waals surface area contributed by atoms with Crippen LogP contribution in [0, 0.1) is 6.92 Å². The Bertz CT molecular complexity index is 134. The Kier molecular flexibility index (Phi) is 3.72. The summed E-state index contributed by atoms with van der Waals surface area (Å²) in [5.41, 5.74) is 1.32. The summed E-state index contributed by atoms with van der Waals surface area (Å²) in [6.07, 6.45) is 0. The summed E-state index contributed by atoms with van der Waals surface area (Å²) in [4.78, 5) is 0. The van der Waals surface area contributed by atoms with Crippen molar-refractivity contribution in [2.45, 2.75) is 6.92 Å². The van der Waals surface area contributed by atoms with Gasteiger partial charge in [-0.25, -0.2) is 0 Å². The van der Waals surface area contributed by atoms with Crippen molar-refractivity contribution in [1.29, 1.82) is 0 Å². The van der Waals surface area contributed by atoms with E-state index in [0.29, 0.717) is 0 Å². The summed E-state index contributed by atoms with van der Waals surface area (Å²) < 4.78 is 0. The molecule has 1 aromatic carbocycles. The third kappa shape index (κ3) is 2.23. The molecule has 0 spiro atoms. The predicted octanol–water partition coefficient (Wildman–Crippen LogP) is 1.99. The number of benzene rings is 1. The third-order valence-electron chi connectivity index (χ3n) is 0.940. The average molecular weight is 193 g/mol. The molecular formula is C7H8Ru. The van der Waals surface area contributed by atoms with Gasteiger partial charge in [0.2, 0.25) is 0 Å². The summed E-state index contributed by atoms with van der Waals surface area (Å²) in [5, 5.41) is 0. The second-order valence-electron chi connectivity index (χ2n) is 1.65. The van der Waals surface area contributed by atoms with Crippen LogP contribution in [0.15, 0.2) is 30.3 Å². The Morgan fingerprint density at radius 3 is 1.75 bits per heavy atom.